The average Bonchev–Trinajstić information content (AvgIpc) is 3.55. The van der Waals surface area contributed by atoms with E-state index < -0.39 is 0 Å². The van der Waals surface area contributed by atoms with Gasteiger partial charge < -0.3 is 4.98 Å². The molecule has 0 aliphatic rings. The summed E-state index contributed by atoms with van der Waals surface area (Å²) in [5.74, 6) is 0.807. The molecule has 36 heavy (non-hydrogen) atoms. The van der Waals surface area contributed by atoms with E-state index in [-0.39, 0.29) is 11.6 Å². The molecule has 0 saturated heterocycles. The molecule has 0 aliphatic carbocycles. The summed E-state index contributed by atoms with van der Waals surface area (Å²) < 4.78 is 1.88. The number of thiophene rings is 1. The summed E-state index contributed by atoms with van der Waals surface area (Å²) in [6.45, 7) is 8.11. The predicted molar refractivity (Wildman–Crippen MR) is 144 cm³/mol. The van der Waals surface area contributed by atoms with Gasteiger partial charge in [0.05, 0.1) is 12.6 Å². The lowest BCUT2D eigenvalue weighted by Gasteiger charge is -2.30. The molecular formula is C28H30N6OS. The Kier molecular flexibility index (Phi) is 7.06. The van der Waals surface area contributed by atoms with Crippen molar-refractivity contribution >= 4 is 22.2 Å². The number of hydrogen-bond donors (Lipinski definition) is 1. The van der Waals surface area contributed by atoms with E-state index in [9.17, 15) is 4.79 Å². The zero-order valence-electron chi connectivity index (χ0n) is 20.8. The van der Waals surface area contributed by atoms with Crippen molar-refractivity contribution < 1.29 is 0 Å². The Morgan fingerprint density at radius 1 is 1.03 bits per heavy atom. The lowest BCUT2D eigenvalue weighted by atomic mass is 10.0. The molecule has 1 N–H and O–H groups in total. The van der Waals surface area contributed by atoms with Crippen LogP contribution in [-0.2, 0) is 19.6 Å². The molecule has 5 aromatic rings. The Morgan fingerprint density at radius 2 is 1.83 bits per heavy atom. The van der Waals surface area contributed by atoms with E-state index in [0.29, 0.717) is 19.6 Å². The Hall–Kier alpha value is -3.62. The molecule has 7 nitrogen and oxygen atoms in total. The Balaban J connectivity index is 1.51. The molecule has 0 radical (unpaired) electrons. The van der Waals surface area contributed by atoms with Crippen molar-refractivity contribution in [3.63, 3.8) is 0 Å². The van der Waals surface area contributed by atoms with E-state index in [1.807, 2.05) is 35.0 Å². The van der Waals surface area contributed by atoms with E-state index in [1.54, 1.807) is 11.3 Å². The van der Waals surface area contributed by atoms with Gasteiger partial charge in [0.25, 0.3) is 5.56 Å². The van der Waals surface area contributed by atoms with Crippen molar-refractivity contribution in [3.05, 3.63) is 109 Å². The number of nitrogens with one attached hydrogen (secondary N) is 1. The fraction of sp³-hybridized carbons (Fsp3) is 0.286. The number of nitrogens with zero attached hydrogens (tertiary/aromatic N) is 5. The lowest BCUT2D eigenvalue weighted by Crippen LogP contribution is -2.32. The summed E-state index contributed by atoms with van der Waals surface area (Å²) in [6, 6.07) is 20.6. The third-order valence-electron chi connectivity index (χ3n) is 6.71. The number of rotatable bonds is 9. The van der Waals surface area contributed by atoms with Gasteiger partial charge in [-0.2, -0.15) is 0 Å². The van der Waals surface area contributed by atoms with Crippen LogP contribution in [0.1, 0.15) is 52.3 Å². The molecule has 3 aromatic heterocycles. The van der Waals surface area contributed by atoms with Gasteiger partial charge in [-0.25, -0.2) is 4.68 Å². The Labute approximate surface area is 214 Å². The number of H-pyrrole nitrogens is 1. The molecule has 5 rings (SSSR count). The molecule has 184 valence electrons. The first kappa shape index (κ1) is 24.1. The number of hydrogen-bond acceptors (Lipinski definition) is 6. The Bertz CT molecular complexity index is 1510. The number of tetrazole rings is 1. The molecular weight excluding hydrogens is 468 g/mol. The fourth-order valence-electron chi connectivity index (χ4n) is 4.66. The summed E-state index contributed by atoms with van der Waals surface area (Å²) in [4.78, 5) is 19.8. The van der Waals surface area contributed by atoms with Crippen LogP contribution in [0.2, 0.25) is 0 Å². The van der Waals surface area contributed by atoms with E-state index in [1.165, 1.54) is 16.0 Å². The highest BCUT2D eigenvalue weighted by atomic mass is 32.1. The van der Waals surface area contributed by atoms with E-state index in [0.717, 1.165) is 34.3 Å². The first-order valence-corrected chi connectivity index (χ1v) is 13.1. The molecule has 0 saturated carbocycles. The maximum Gasteiger partial charge on any atom is 0.252 e. The van der Waals surface area contributed by atoms with Crippen LogP contribution < -0.4 is 5.56 Å². The zero-order chi connectivity index (χ0) is 25.1. The normalized spacial score (nSPS) is 12.4. The fourth-order valence-corrected chi connectivity index (χ4v) is 5.39. The van der Waals surface area contributed by atoms with Crippen LogP contribution in [0.25, 0.3) is 10.9 Å². The molecule has 0 spiro atoms. The van der Waals surface area contributed by atoms with Gasteiger partial charge >= 0.3 is 0 Å². The summed E-state index contributed by atoms with van der Waals surface area (Å²) in [6.07, 6.45) is 0.810. The SMILES string of the molecule is CC[C@H](c1nnnn1Cc1ccccc1)N(Cc1cccs1)Cc1cc2cc(C)c(C)cc2[nH]c1=O. The van der Waals surface area contributed by atoms with Crippen LogP contribution in [0, 0.1) is 13.8 Å². The number of aryl methyl sites for hydroxylation is 2. The number of benzene rings is 2. The summed E-state index contributed by atoms with van der Waals surface area (Å²) in [5.41, 5.74) is 5.07. The minimum Gasteiger partial charge on any atom is -0.322 e. The number of aromatic amines is 1. The van der Waals surface area contributed by atoms with Crippen molar-refractivity contribution in [1.82, 2.24) is 30.1 Å². The molecule has 2 aromatic carbocycles. The van der Waals surface area contributed by atoms with Gasteiger partial charge in [0.15, 0.2) is 5.82 Å². The number of fused-ring (bicyclic) bond motifs is 1. The van der Waals surface area contributed by atoms with E-state index in [4.69, 9.17) is 0 Å². The minimum absolute atomic E-state index is 0.0549. The summed E-state index contributed by atoms with van der Waals surface area (Å²) in [5, 5.41) is 15.9. The third-order valence-corrected chi connectivity index (χ3v) is 7.57. The van der Waals surface area contributed by atoms with Gasteiger partial charge in [0.2, 0.25) is 0 Å². The quantitative estimate of drug-likeness (QED) is 0.295. The lowest BCUT2D eigenvalue weighted by molar-refractivity contribution is 0.163. The van der Waals surface area contributed by atoms with Gasteiger partial charge in [-0.1, -0.05) is 43.3 Å². The first-order valence-electron chi connectivity index (χ1n) is 12.2. The second kappa shape index (κ2) is 10.6. The van der Waals surface area contributed by atoms with Crippen LogP contribution in [-0.4, -0.2) is 30.1 Å². The van der Waals surface area contributed by atoms with E-state index >= 15 is 0 Å². The molecule has 0 aliphatic heterocycles. The van der Waals surface area contributed by atoms with Crippen molar-refractivity contribution in [1.29, 1.82) is 0 Å². The van der Waals surface area contributed by atoms with Crippen LogP contribution in [0.15, 0.2) is 70.8 Å². The molecule has 3 heterocycles. The highest BCUT2D eigenvalue weighted by Gasteiger charge is 2.26. The van der Waals surface area contributed by atoms with Crippen LogP contribution in [0.4, 0.5) is 0 Å². The average molecular weight is 499 g/mol. The molecule has 0 bridgehead atoms. The van der Waals surface area contributed by atoms with Gasteiger partial charge in [-0.15, -0.1) is 16.4 Å². The minimum atomic E-state index is -0.0549. The number of pyridine rings is 1. The Morgan fingerprint density at radius 3 is 2.58 bits per heavy atom. The monoisotopic (exact) mass is 498 g/mol. The summed E-state index contributed by atoms with van der Waals surface area (Å²) in [7, 11) is 0. The van der Waals surface area contributed by atoms with Crippen LogP contribution in [0.5, 0.6) is 0 Å². The van der Waals surface area contributed by atoms with Crippen LogP contribution >= 0.6 is 11.3 Å². The van der Waals surface area contributed by atoms with Crippen molar-refractivity contribution in [2.45, 2.75) is 52.9 Å². The largest absolute Gasteiger partial charge is 0.322 e. The van der Waals surface area contributed by atoms with Crippen molar-refractivity contribution in [2.75, 3.05) is 0 Å². The van der Waals surface area contributed by atoms with Gasteiger partial charge in [0, 0.05) is 29.0 Å². The second-order valence-electron chi connectivity index (χ2n) is 9.24. The molecule has 0 fully saturated rings. The molecule has 1 atom stereocenters. The van der Waals surface area contributed by atoms with Gasteiger partial charge in [-0.3, -0.25) is 9.69 Å². The standard InChI is InChI=1S/C28H30N6OS/c1-4-26(27-30-31-32-34(27)16-21-9-6-5-7-10-21)33(18-24-11-8-12-36-24)17-23-15-22-13-19(2)20(3)14-25(22)29-28(23)35/h5-15,26H,4,16-18H2,1-3H3,(H,29,35)/t26-/m1/s1. The smallest absolute Gasteiger partial charge is 0.252 e. The predicted octanol–water partition coefficient (Wildman–Crippen LogP) is 5.39. The van der Waals surface area contributed by atoms with Gasteiger partial charge in [0.1, 0.15) is 0 Å². The maximum absolute atomic E-state index is 13.1. The second-order valence-corrected chi connectivity index (χ2v) is 10.3. The highest BCUT2D eigenvalue weighted by Crippen LogP contribution is 2.28. The van der Waals surface area contributed by atoms with E-state index in [2.05, 4.69) is 81.9 Å². The summed E-state index contributed by atoms with van der Waals surface area (Å²) >= 11 is 1.72. The van der Waals surface area contributed by atoms with Crippen molar-refractivity contribution in [2.24, 2.45) is 0 Å². The van der Waals surface area contributed by atoms with Crippen LogP contribution in [0.3, 0.4) is 0 Å². The number of aromatic nitrogens is 5. The topological polar surface area (TPSA) is 79.7 Å². The third kappa shape index (κ3) is 5.15. The molecule has 0 unspecified atom stereocenters. The van der Waals surface area contributed by atoms with Crippen molar-refractivity contribution in [3.8, 4) is 0 Å². The maximum atomic E-state index is 13.1. The van der Waals surface area contributed by atoms with Gasteiger partial charge in [-0.05, 0) is 82.4 Å². The zero-order valence-corrected chi connectivity index (χ0v) is 21.6. The first-order chi connectivity index (χ1) is 17.5. The molecule has 8 heteroatoms. The molecule has 0 amide bonds. The highest BCUT2D eigenvalue weighted by molar-refractivity contribution is 7.09.